The van der Waals surface area contributed by atoms with Gasteiger partial charge in [0.2, 0.25) is 0 Å². The smallest absolute Gasteiger partial charge is 0.340 e. The largest absolute Gasteiger partial charge is 0.452 e. The summed E-state index contributed by atoms with van der Waals surface area (Å²) in [5, 5.41) is 1.64. The van der Waals surface area contributed by atoms with Gasteiger partial charge in [0.15, 0.2) is 18.2 Å². The van der Waals surface area contributed by atoms with E-state index in [9.17, 15) is 23.2 Å². The molecule has 0 unspecified atom stereocenters. The van der Waals surface area contributed by atoms with Crippen molar-refractivity contribution in [1.82, 2.24) is 5.32 Å². The van der Waals surface area contributed by atoms with Gasteiger partial charge in [0.1, 0.15) is 0 Å². The number of anilines is 1. The molecule has 0 aliphatic heterocycles. The minimum absolute atomic E-state index is 0.348. The average molecular weight is 273 g/mol. The highest BCUT2D eigenvalue weighted by Gasteiger charge is 2.17. The third-order valence-corrected chi connectivity index (χ3v) is 1.91. The van der Waals surface area contributed by atoms with E-state index in [4.69, 9.17) is 5.73 Å². The fourth-order valence-corrected chi connectivity index (χ4v) is 1.12. The molecule has 1 rings (SSSR count). The maximum atomic E-state index is 12.9. The first-order valence-electron chi connectivity index (χ1n) is 4.82. The van der Waals surface area contributed by atoms with Crippen molar-refractivity contribution in [2.75, 3.05) is 12.3 Å². The number of rotatable bonds is 3. The van der Waals surface area contributed by atoms with Crippen molar-refractivity contribution >= 4 is 23.6 Å². The molecular formula is C10H9F2N3O4. The molecule has 0 aromatic heterocycles. The SMILES string of the molecule is NC(=O)NC(=O)COC(=O)c1cc(F)c(F)cc1N. The predicted molar refractivity (Wildman–Crippen MR) is 58.8 cm³/mol. The molecule has 0 saturated heterocycles. The van der Waals surface area contributed by atoms with Crippen molar-refractivity contribution in [1.29, 1.82) is 0 Å². The van der Waals surface area contributed by atoms with Crippen LogP contribution < -0.4 is 16.8 Å². The zero-order valence-corrected chi connectivity index (χ0v) is 9.41. The molecule has 1 aromatic carbocycles. The van der Waals surface area contributed by atoms with Crippen LogP contribution in [0.1, 0.15) is 10.4 Å². The number of urea groups is 1. The van der Waals surface area contributed by atoms with Crippen LogP contribution in [0, 0.1) is 11.6 Å². The van der Waals surface area contributed by atoms with Crippen LogP contribution in [0.25, 0.3) is 0 Å². The standard InChI is InChI=1S/C10H9F2N3O4/c11-5-1-4(7(13)2-6(5)12)9(17)19-3-8(16)15-10(14)18/h1-2H,3,13H2,(H3,14,15,16,18). The number of primary amides is 1. The summed E-state index contributed by atoms with van der Waals surface area (Å²) < 4.78 is 30.1. The lowest BCUT2D eigenvalue weighted by Crippen LogP contribution is -2.37. The van der Waals surface area contributed by atoms with Gasteiger partial charge in [-0.15, -0.1) is 0 Å². The Hall–Kier alpha value is -2.71. The van der Waals surface area contributed by atoms with Gasteiger partial charge in [0.05, 0.1) is 5.56 Å². The molecule has 3 amide bonds. The number of esters is 1. The number of benzene rings is 1. The second-order valence-electron chi connectivity index (χ2n) is 3.34. The summed E-state index contributed by atoms with van der Waals surface area (Å²) in [6, 6.07) is 0.0300. The Balaban J connectivity index is 2.71. The predicted octanol–water partition coefficient (Wildman–Crippen LogP) is -0.101. The van der Waals surface area contributed by atoms with Gasteiger partial charge in [-0.25, -0.2) is 18.4 Å². The zero-order valence-electron chi connectivity index (χ0n) is 9.41. The van der Waals surface area contributed by atoms with Gasteiger partial charge < -0.3 is 16.2 Å². The molecule has 0 radical (unpaired) electrons. The molecular weight excluding hydrogens is 264 g/mol. The van der Waals surface area contributed by atoms with Crippen molar-refractivity contribution in [2.45, 2.75) is 0 Å². The molecule has 0 atom stereocenters. The topological polar surface area (TPSA) is 125 Å². The molecule has 0 saturated carbocycles. The van der Waals surface area contributed by atoms with Crippen molar-refractivity contribution in [2.24, 2.45) is 5.73 Å². The number of hydrogen-bond donors (Lipinski definition) is 3. The molecule has 0 spiro atoms. The Morgan fingerprint density at radius 2 is 1.79 bits per heavy atom. The fraction of sp³-hybridized carbons (Fsp3) is 0.100. The van der Waals surface area contributed by atoms with Crippen LogP contribution in [0.2, 0.25) is 0 Å². The molecule has 0 fully saturated rings. The molecule has 0 bridgehead atoms. The molecule has 5 N–H and O–H groups in total. The van der Waals surface area contributed by atoms with E-state index in [1.54, 1.807) is 5.32 Å². The van der Waals surface area contributed by atoms with E-state index in [0.29, 0.717) is 12.1 Å². The number of imide groups is 1. The van der Waals surface area contributed by atoms with Gasteiger partial charge in [-0.1, -0.05) is 0 Å². The number of ether oxygens (including phenoxy) is 1. The second-order valence-corrected chi connectivity index (χ2v) is 3.34. The number of nitrogens with two attached hydrogens (primary N) is 2. The van der Waals surface area contributed by atoms with Gasteiger partial charge >= 0.3 is 12.0 Å². The lowest BCUT2D eigenvalue weighted by Gasteiger charge is -2.07. The van der Waals surface area contributed by atoms with Crippen LogP contribution in [0.15, 0.2) is 12.1 Å². The third kappa shape index (κ3) is 3.91. The summed E-state index contributed by atoms with van der Waals surface area (Å²) in [6.45, 7) is -0.819. The second kappa shape index (κ2) is 5.76. The number of halogens is 2. The molecule has 0 aliphatic rings. The number of hydrogen-bond acceptors (Lipinski definition) is 5. The van der Waals surface area contributed by atoms with Crippen LogP contribution >= 0.6 is 0 Å². The fourth-order valence-electron chi connectivity index (χ4n) is 1.12. The van der Waals surface area contributed by atoms with Crippen LogP contribution in [-0.4, -0.2) is 24.5 Å². The quantitative estimate of drug-likeness (QED) is 0.524. The molecule has 7 nitrogen and oxygen atoms in total. The van der Waals surface area contributed by atoms with E-state index < -0.39 is 41.7 Å². The summed E-state index contributed by atoms with van der Waals surface area (Å²) in [7, 11) is 0. The minimum Gasteiger partial charge on any atom is -0.452 e. The monoisotopic (exact) mass is 273 g/mol. The van der Waals surface area contributed by atoms with Crippen molar-refractivity contribution in [3.8, 4) is 0 Å². The number of nitrogen functional groups attached to an aromatic ring is 1. The van der Waals surface area contributed by atoms with Gasteiger partial charge in [-0.3, -0.25) is 10.1 Å². The van der Waals surface area contributed by atoms with Crippen LogP contribution in [-0.2, 0) is 9.53 Å². The van der Waals surface area contributed by atoms with E-state index >= 15 is 0 Å². The molecule has 9 heteroatoms. The van der Waals surface area contributed by atoms with E-state index in [2.05, 4.69) is 10.5 Å². The lowest BCUT2D eigenvalue weighted by molar-refractivity contribution is -0.123. The van der Waals surface area contributed by atoms with Crippen LogP contribution in [0.5, 0.6) is 0 Å². The minimum atomic E-state index is -1.29. The molecule has 0 heterocycles. The molecule has 102 valence electrons. The van der Waals surface area contributed by atoms with E-state index in [1.807, 2.05) is 0 Å². The number of amides is 3. The zero-order chi connectivity index (χ0) is 14.6. The average Bonchev–Trinajstić information content (AvgIpc) is 2.30. The maximum Gasteiger partial charge on any atom is 0.340 e. The number of carbonyl (C=O) groups excluding carboxylic acids is 3. The van der Waals surface area contributed by atoms with Crippen LogP contribution in [0.4, 0.5) is 19.3 Å². The Bertz CT molecular complexity index is 548. The number of carbonyl (C=O) groups is 3. The summed E-state index contributed by atoms with van der Waals surface area (Å²) in [4.78, 5) is 32.7. The Morgan fingerprint density at radius 1 is 1.21 bits per heavy atom. The van der Waals surface area contributed by atoms with Gasteiger partial charge in [-0.2, -0.15) is 0 Å². The number of nitrogens with one attached hydrogen (secondary N) is 1. The summed E-state index contributed by atoms with van der Waals surface area (Å²) >= 11 is 0. The Morgan fingerprint density at radius 3 is 2.37 bits per heavy atom. The molecule has 1 aromatic rings. The van der Waals surface area contributed by atoms with E-state index in [0.717, 1.165) is 0 Å². The Labute approximate surface area is 105 Å². The van der Waals surface area contributed by atoms with Crippen molar-refractivity contribution < 1.29 is 27.9 Å². The first-order chi connectivity index (χ1) is 8.81. The maximum absolute atomic E-state index is 12.9. The highest BCUT2D eigenvalue weighted by atomic mass is 19.2. The molecule has 19 heavy (non-hydrogen) atoms. The highest BCUT2D eigenvalue weighted by Crippen LogP contribution is 2.17. The van der Waals surface area contributed by atoms with E-state index in [1.165, 1.54) is 0 Å². The first-order valence-corrected chi connectivity index (χ1v) is 4.82. The molecule has 0 aliphatic carbocycles. The van der Waals surface area contributed by atoms with Crippen LogP contribution in [0.3, 0.4) is 0 Å². The first kappa shape index (κ1) is 14.4. The highest BCUT2D eigenvalue weighted by molar-refractivity contribution is 5.98. The Kier molecular flexibility index (Phi) is 4.35. The van der Waals surface area contributed by atoms with E-state index in [-0.39, 0.29) is 5.69 Å². The van der Waals surface area contributed by atoms with Crippen molar-refractivity contribution in [3.05, 3.63) is 29.3 Å². The third-order valence-electron chi connectivity index (χ3n) is 1.91. The van der Waals surface area contributed by atoms with Gasteiger partial charge in [-0.05, 0) is 6.07 Å². The normalized spacial score (nSPS) is 9.79. The lowest BCUT2D eigenvalue weighted by atomic mass is 10.1. The van der Waals surface area contributed by atoms with Gasteiger partial charge in [0.25, 0.3) is 5.91 Å². The van der Waals surface area contributed by atoms with Crippen molar-refractivity contribution in [3.63, 3.8) is 0 Å². The summed E-state index contributed by atoms with van der Waals surface area (Å²) in [5.74, 6) is -4.62. The summed E-state index contributed by atoms with van der Waals surface area (Å²) in [5.41, 5.74) is 9.16. The summed E-state index contributed by atoms with van der Waals surface area (Å²) in [6.07, 6.45) is 0. The van der Waals surface area contributed by atoms with Gasteiger partial charge in [0, 0.05) is 11.8 Å².